The number of ether oxygens (including phenoxy) is 2. The number of rotatable bonds is 0. The molecule has 3 saturated heterocycles. The molecule has 4 saturated carbocycles. The third kappa shape index (κ3) is 1.36. The fourth-order valence-corrected chi connectivity index (χ4v) is 8.27. The zero-order valence-electron chi connectivity index (χ0n) is 14.2. The van der Waals surface area contributed by atoms with Crippen LogP contribution in [0.4, 0.5) is 0 Å². The van der Waals surface area contributed by atoms with Crippen LogP contribution in [0, 0.1) is 23.2 Å². The highest BCUT2D eigenvalue weighted by Crippen LogP contribution is 2.77. The summed E-state index contributed by atoms with van der Waals surface area (Å²) >= 11 is 0. The van der Waals surface area contributed by atoms with Crippen molar-refractivity contribution in [3.8, 4) is 0 Å². The van der Waals surface area contributed by atoms with Crippen molar-refractivity contribution in [3.63, 3.8) is 0 Å². The minimum absolute atomic E-state index is 0.0665. The highest BCUT2D eigenvalue weighted by atomic mass is 16.8. The van der Waals surface area contributed by atoms with Gasteiger partial charge in [0.05, 0.1) is 11.0 Å². The van der Waals surface area contributed by atoms with Gasteiger partial charge < -0.3 is 14.6 Å². The summed E-state index contributed by atoms with van der Waals surface area (Å²) in [4.78, 5) is 0. The van der Waals surface area contributed by atoms with Crippen LogP contribution in [0.1, 0.15) is 83.5 Å². The molecule has 3 heteroatoms. The topological polar surface area (TPSA) is 38.7 Å². The molecule has 0 aromatic carbocycles. The molecule has 0 amide bonds. The van der Waals surface area contributed by atoms with Gasteiger partial charge in [0.1, 0.15) is 0 Å². The van der Waals surface area contributed by atoms with Crippen LogP contribution in [0.3, 0.4) is 0 Å². The fourth-order valence-electron chi connectivity index (χ4n) is 8.27. The van der Waals surface area contributed by atoms with Gasteiger partial charge in [-0.2, -0.15) is 0 Å². The van der Waals surface area contributed by atoms with E-state index in [1.807, 2.05) is 0 Å². The molecule has 1 N–H and O–H groups in total. The molecule has 3 nitrogen and oxygen atoms in total. The van der Waals surface area contributed by atoms with Crippen LogP contribution in [0.25, 0.3) is 0 Å². The van der Waals surface area contributed by atoms with Crippen LogP contribution in [-0.2, 0) is 9.47 Å². The van der Waals surface area contributed by atoms with E-state index in [0.29, 0.717) is 17.8 Å². The van der Waals surface area contributed by atoms with E-state index < -0.39 is 11.6 Å². The summed E-state index contributed by atoms with van der Waals surface area (Å²) in [6.45, 7) is 0. The first-order valence-electron chi connectivity index (χ1n) is 10.3. The lowest BCUT2D eigenvalue weighted by Gasteiger charge is -2.79. The van der Waals surface area contributed by atoms with Gasteiger partial charge >= 0.3 is 0 Å². The zero-order chi connectivity index (χ0) is 15.3. The Morgan fingerprint density at radius 3 is 2.43 bits per heavy atom. The Bertz CT molecular complexity index is 549. The standard InChI is InChI=1S/C20H30O3/c21-20-15-8-5-9-17(20)13-16-7-2-4-11-19(16,23-20)22-18(17)10-3-1-6-14(18)12-15/h14-16,21H,1-13H2/t14-,15-,16+,17-,18+,19-,20+/m0/s1. The minimum atomic E-state index is -0.884. The summed E-state index contributed by atoms with van der Waals surface area (Å²) < 4.78 is 13.8. The molecule has 7 rings (SSSR count). The molecule has 4 aliphatic carbocycles. The van der Waals surface area contributed by atoms with Crippen LogP contribution in [0.15, 0.2) is 0 Å². The monoisotopic (exact) mass is 318 g/mol. The Hall–Kier alpha value is -0.120. The Kier molecular flexibility index (Phi) is 2.55. The predicted molar refractivity (Wildman–Crippen MR) is 85.5 cm³/mol. The zero-order valence-corrected chi connectivity index (χ0v) is 14.2. The SMILES string of the molecule is O[C@]12O[C@@]34CCCC[C@@H]3C[C@]13CCC[C@H]2C[C@@H]1CCCC[C@@]13O4. The summed E-state index contributed by atoms with van der Waals surface area (Å²) in [6.07, 6.45) is 15.7. The summed E-state index contributed by atoms with van der Waals surface area (Å²) in [6, 6.07) is 0. The van der Waals surface area contributed by atoms with Crippen molar-refractivity contribution < 1.29 is 14.6 Å². The van der Waals surface area contributed by atoms with E-state index in [-0.39, 0.29) is 11.0 Å². The third-order valence-corrected chi connectivity index (χ3v) is 9.01. The lowest BCUT2D eigenvalue weighted by atomic mass is 9.40. The van der Waals surface area contributed by atoms with E-state index in [9.17, 15) is 5.11 Å². The first-order valence-corrected chi connectivity index (χ1v) is 10.3. The van der Waals surface area contributed by atoms with Crippen molar-refractivity contribution in [1.29, 1.82) is 0 Å². The highest BCUT2D eigenvalue weighted by molar-refractivity contribution is 5.25. The average Bonchev–Trinajstić information content (AvgIpc) is 2.52. The lowest BCUT2D eigenvalue weighted by molar-refractivity contribution is -0.565. The smallest absolute Gasteiger partial charge is 0.180 e. The van der Waals surface area contributed by atoms with Gasteiger partial charge in [-0.1, -0.05) is 25.7 Å². The van der Waals surface area contributed by atoms with Crippen LogP contribution in [0.5, 0.6) is 0 Å². The molecule has 0 aromatic heterocycles. The molecule has 7 aliphatic rings. The molecular formula is C20H30O3. The predicted octanol–water partition coefficient (Wildman–Crippen LogP) is 4.13. The molecule has 0 aromatic rings. The van der Waals surface area contributed by atoms with E-state index in [4.69, 9.17) is 9.47 Å². The molecule has 7 atom stereocenters. The Balaban J connectivity index is 1.58. The second-order valence-electron chi connectivity index (χ2n) is 9.60. The molecule has 0 radical (unpaired) electrons. The molecule has 23 heavy (non-hydrogen) atoms. The Morgan fingerprint density at radius 1 is 0.739 bits per heavy atom. The molecular weight excluding hydrogens is 288 g/mol. The molecule has 3 heterocycles. The molecule has 3 aliphatic heterocycles. The maximum absolute atomic E-state index is 11.9. The Labute approximate surface area is 139 Å². The average molecular weight is 318 g/mol. The van der Waals surface area contributed by atoms with Crippen molar-refractivity contribution in [2.24, 2.45) is 23.2 Å². The molecule has 5 bridgehead atoms. The van der Waals surface area contributed by atoms with Crippen LogP contribution in [0.2, 0.25) is 0 Å². The van der Waals surface area contributed by atoms with Crippen LogP contribution < -0.4 is 0 Å². The van der Waals surface area contributed by atoms with Crippen LogP contribution >= 0.6 is 0 Å². The van der Waals surface area contributed by atoms with Gasteiger partial charge in [0.15, 0.2) is 11.6 Å². The summed E-state index contributed by atoms with van der Waals surface area (Å²) in [5.74, 6) is 0.231. The van der Waals surface area contributed by atoms with Crippen molar-refractivity contribution in [3.05, 3.63) is 0 Å². The highest BCUT2D eigenvalue weighted by Gasteiger charge is 2.82. The normalized spacial score (nSPS) is 63.3. The summed E-state index contributed by atoms with van der Waals surface area (Å²) in [5, 5.41) is 11.9. The van der Waals surface area contributed by atoms with Gasteiger partial charge in [-0.05, 0) is 57.3 Å². The van der Waals surface area contributed by atoms with Crippen molar-refractivity contribution in [1.82, 2.24) is 0 Å². The number of aliphatic hydroxyl groups is 1. The maximum atomic E-state index is 11.9. The van der Waals surface area contributed by atoms with E-state index in [2.05, 4.69) is 0 Å². The first kappa shape index (κ1) is 14.1. The van der Waals surface area contributed by atoms with E-state index in [1.54, 1.807) is 0 Å². The van der Waals surface area contributed by atoms with Crippen molar-refractivity contribution in [2.45, 2.75) is 101 Å². The largest absolute Gasteiger partial charge is 0.365 e. The van der Waals surface area contributed by atoms with Gasteiger partial charge in [0.25, 0.3) is 0 Å². The quantitative estimate of drug-likeness (QED) is 0.730. The van der Waals surface area contributed by atoms with E-state index in [0.717, 1.165) is 25.7 Å². The number of hydrogen-bond acceptors (Lipinski definition) is 3. The third-order valence-electron chi connectivity index (χ3n) is 9.01. The molecule has 3 spiro atoms. The van der Waals surface area contributed by atoms with Gasteiger partial charge in [-0.25, -0.2) is 0 Å². The second kappa shape index (κ2) is 4.16. The van der Waals surface area contributed by atoms with Gasteiger partial charge in [-0.15, -0.1) is 0 Å². The van der Waals surface area contributed by atoms with Crippen LogP contribution in [-0.4, -0.2) is 22.3 Å². The van der Waals surface area contributed by atoms with E-state index in [1.165, 1.54) is 57.8 Å². The molecule has 7 fully saturated rings. The van der Waals surface area contributed by atoms with Gasteiger partial charge in [0, 0.05) is 18.3 Å². The minimum Gasteiger partial charge on any atom is -0.365 e. The van der Waals surface area contributed by atoms with Crippen molar-refractivity contribution >= 4 is 0 Å². The first-order chi connectivity index (χ1) is 11.1. The fraction of sp³-hybridized carbons (Fsp3) is 1.00. The maximum Gasteiger partial charge on any atom is 0.180 e. The van der Waals surface area contributed by atoms with Crippen molar-refractivity contribution in [2.75, 3.05) is 0 Å². The van der Waals surface area contributed by atoms with Gasteiger partial charge in [0.2, 0.25) is 0 Å². The lowest BCUT2D eigenvalue weighted by Crippen LogP contribution is -2.85. The van der Waals surface area contributed by atoms with Gasteiger partial charge in [-0.3, -0.25) is 0 Å². The summed E-state index contributed by atoms with van der Waals surface area (Å²) in [7, 11) is 0. The second-order valence-corrected chi connectivity index (χ2v) is 9.60. The molecule has 128 valence electrons. The Morgan fingerprint density at radius 2 is 1.52 bits per heavy atom. The van der Waals surface area contributed by atoms with E-state index >= 15 is 0 Å². The number of hydrogen-bond donors (Lipinski definition) is 1. The summed E-state index contributed by atoms with van der Waals surface area (Å²) in [5.41, 5.74) is -0.168. The molecule has 0 unspecified atom stereocenters.